The topological polar surface area (TPSA) is 77.9 Å². The first-order valence-corrected chi connectivity index (χ1v) is 13.9. The Morgan fingerprint density at radius 2 is 1.71 bits per heavy atom. The lowest BCUT2D eigenvalue weighted by Crippen LogP contribution is -2.45. The van der Waals surface area contributed by atoms with Crippen LogP contribution in [0.3, 0.4) is 0 Å². The van der Waals surface area contributed by atoms with Crippen LogP contribution in [0.15, 0.2) is 29.3 Å². The van der Waals surface area contributed by atoms with Crippen molar-refractivity contribution in [2.24, 2.45) is 4.99 Å². The van der Waals surface area contributed by atoms with Crippen LogP contribution in [0.25, 0.3) is 0 Å². The summed E-state index contributed by atoms with van der Waals surface area (Å²) in [4.78, 5) is 5.06. The number of hydrogen-bond donors (Lipinski definition) is 4. The zero-order valence-corrected chi connectivity index (χ0v) is 21.4. The molecular weight excluding hydrogens is 424 g/mol. The molecule has 1 atom stereocenters. The highest BCUT2D eigenvalue weighted by molar-refractivity contribution is 5.80. The van der Waals surface area contributed by atoms with Crippen molar-refractivity contribution in [3.8, 4) is 5.75 Å². The van der Waals surface area contributed by atoms with E-state index in [1.807, 2.05) is 12.1 Å². The fraction of sp³-hybridized carbons (Fsp3) is 0.750. The molecule has 6 heteroatoms. The number of aliphatic hydroxyl groups is 1. The van der Waals surface area contributed by atoms with Crippen LogP contribution in [-0.4, -0.2) is 55.5 Å². The minimum Gasteiger partial charge on any atom is -0.491 e. The molecule has 0 aliphatic heterocycles. The number of benzene rings is 1. The molecule has 2 aliphatic rings. The van der Waals surface area contributed by atoms with E-state index in [9.17, 15) is 5.11 Å². The summed E-state index contributed by atoms with van der Waals surface area (Å²) in [6.45, 7) is 4.77. The van der Waals surface area contributed by atoms with Crippen LogP contribution in [0.1, 0.15) is 89.5 Å². The van der Waals surface area contributed by atoms with Gasteiger partial charge in [-0.25, -0.2) is 4.99 Å². The van der Waals surface area contributed by atoms with Crippen molar-refractivity contribution in [3.63, 3.8) is 0 Å². The van der Waals surface area contributed by atoms with Gasteiger partial charge in [-0.1, -0.05) is 64.0 Å². The standard InChI is InChI=1S/C28H48N4O2/c1-2-10-23-15-17-27(18-16-23)34-22-26(33)21-29-19-9-20-30-28(31-24-11-5-3-6-12-24)32-25-13-7-4-8-14-25/h15-18,24-26,29,33H,2-14,19-22H2,1H3,(H2,30,31,32). The molecule has 3 rings (SSSR count). The van der Waals surface area contributed by atoms with Gasteiger partial charge in [-0.05, 0) is 62.8 Å². The number of guanidine groups is 1. The van der Waals surface area contributed by atoms with Crippen LogP contribution in [0, 0.1) is 0 Å². The molecule has 0 amide bonds. The van der Waals surface area contributed by atoms with Gasteiger partial charge in [-0.3, -0.25) is 0 Å². The zero-order chi connectivity index (χ0) is 23.8. The van der Waals surface area contributed by atoms with E-state index in [-0.39, 0.29) is 0 Å². The highest BCUT2D eigenvalue weighted by Gasteiger charge is 2.17. The minimum absolute atomic E-state index is 0.307. The smallest absolute Gasteiger partial charge is 0.191 e. The van der Waals surface area contributed by atoms with E-state index in [1.165, 1.54) is 69.8 Å². The first kappa shape index (κ1) is 26.8. The van der Waals surface area contributed by atoms with Crippen molar-refractivity contribution in [1.29, 1.82) is 0 Å². The number of rotatable bonds is 13. The van der Waals surface area contributed by atoms with Crippen LogP contribution in [0.4, 0.5) is 0 Å². The summed E-state index contributed by atoms with van der Waals surface area (Å²) in [7, 11) is 0. The lowest BCUT2D eigenvalue weighted by atomic mass is 9.95. The van der Waals surface area contributed by atoms with Crippen LogP contribution < -0.4 is 20.7 Å². The molecule has 2 aliphatic carbocycles. The Kier molecular flexibility index (Phi) is 12.6. The number of hydrogen-bond acceptors (Lipinski definition) is 4. The van der Waals surface area contributed by atoms with Gasteiger partial charge in [0, 0.05) is 19.1 Å². The molecule has 4 N–H and O–H groups in total. The molecule has 0 spiro atoms. The van der Waals surface area contributed by atoms with E-state index in [0.717, 1.165) is 44.1 Å². The zero-order valence-electron chi connectivity index (χ0n) is 21.4. The SMILES string of the molecule is CCCc1ccc(OCC(O)CNCCCNC(=NC2CCCCC2)NC2CCCCC2)cc1. The van der Waals surface area contributed by atoms with Gasteiger partial charge in [0.15, 0.2) is 5.96 Å². The number of ether oxygens (including phenoxy) is 1. The summed E-state index contributed by atoms with van der Waals surface area (Å²) in [5.41, 5.74) is 1.33. The Morgan fingerprint density at radius 1 is 1.00 bits per heavy atom. The van der Waals surface area contributed by atoms with E-state index in [1.54, 1.807) is 0 Å². The third-order valence-electron chi connectivity index (χ3n) is 6.94. The van der Waals surface area contributed by atoms with Crippen molar-refractivity contribution < 1.29 is 9.84 Å². The van der Waals surface area contributed by atoms with Crippen LogP contribution >= 0.6 is 0 Å². The van der Waals surface area contributed by atoms with Gasteiger partial charge in [0.05, 0.1) is 6.04 Å². The molecule has 0 aromatic heterocycles. The molecule has 0 saturated heterocycles. The maximum Gasteiger partial charge on any atom is 0.191 e. The summed E-state index contributed by atoms with van der Waals surface area (Å²) >= 11 is 0. The molecule has 2 fully saturated rings. The number of nitrogens with zero attached hydrogens (tertiary/aromatic N) is 1. The molecule has 2 saturated carbocycles. The van der Waals surface area contributed by atoms with E-state index in [4.69, 9.17) is 9.73 Å². The normalized spacial score (nSPS) is 19.1. The summed E-state index contributed by atoms with van der Waals surface area (Å²) in [6, 6.07) is 9.23. The molecule has 6 nitrogen and oxygen atoms in total. The number of nitrogens with one attached hydrogen (secondary N) is 3. The number of aliphatic imine (C=N–C) groups is 1. The first-order chi connectivity index (χ1) is 16.7. The van der Waals surface area contributed by atoms with Gasteiger partial charge in [0.25, 0.3) is 0 Å². The molecule has 34 heavy (non-hydrogen) atoms. The molecule has 1 unspecified atom stereocenters. The van der Waals surface area contributed by atoms with E-state index in [0.29, 0.717) is 25.2 Å². The van der Waals surface area contributed by atoms with Gasteiger partial charge in [0.2, 0.25) is 0 Å². The fourth-order valence-electron chi connectivity index (χ4n) is 4.95. The maximum atomic E-state index is 10.2. The second-order valence-corrected chi connectivity index (χ2v) is 10.1. The first-order valence-electron chi connectivity index (χ1n) is 13.9. The van der Waals surface area contributed by atoms with Gasteiger partial charge >= 0.3 is 0 Å². The summed E-state index contributed by atoms with van der Waals surface area (Å²) < 4.78 is 5.73. The predicted molar refractivity (Wildman–Crippen MR) is 142 cm³/mol. The largest absolute Gasteiger partial charge is 0.491 e. The molecule has 0 bridgehead atoms. The van der Waals surface area contributed by atoms with Gasteiger partial charge in [0.1, 0.15) is 18.5 Å². The summed E-state index contributed by atoms with van der Waals surface area (Å²) in [5.74, 6) is 1.83. The van der Waals surface area contributed by atoms with Crippen LogP contribution in [0.2, 0.25) is 0 Å². The van der Waals surface area contributed by atoms with Crippen molar-refractivity contribution in [2.45, 2.75) is 109 Å². The van der Waals surface area contributed by atoms with Crippen molar-refractivity contribution in [1.82, 2.24) is 16.0 Å². The Hall–Kier alpha value is -1.79. The van der Waals surface area contributed by atoms with Crippen molar-refractivity contribution >= 4 is 5.96 Å². The molecular formula is C28H48N4O2. The van der Waals surface area contributed by atoms with E-state index in [2.05, 4.69) is 35.0 Å². The molecule has 1 aromatic rings. The average Bonchev–Trinajstić information content (AvgIpc) is 2.87. The van der Waals surface area contributed by atoms with Crippen LogP contribution in [0.5, 0.6) is 5.75 Å². The highest BCUT2D eigenvalue weighted by atomic mass is 16.5. The average molecular weight is 473 g/mol. The fourth-order valence-corrected chi connectivity index (χ4v) is 4.95. The second-order valence-electron chi connectivity index (χ2n) is 10.1. The van der Waals surface area contributed by atoms with E-state index >= 15 is 0 Å². The third kappa shape index (κ3) is 10.6. The minimum atomic E-state index is -0.514. The Bertz CT molecular complexity index is 682. The third-order valence-corrected chi connectivity index (χ3v) is 6.94. The molecule has 1 aromatic carbocycles. The van der Waals surface area contributed by atoms with Gasteiger partial charge < -0.3 is 25.8 Å². The lowest BCUT2D eigenvalue weighted by molar-refractivity contribution is 0.106. The number of aliphatic hydroxyl groups excluding tert-OH is 1. The van der Waals surface area contributed by atoms with Crippen molar-refractivity contribution in [2.75, 3.05) is 26.2 Å². The van der Waals surface area contributed by atoms with E-state index < -0.39 is 6.10 Å². The summed E-state index contributed by atoms with van der Waals surface area (Å²) in [6.07, 6.45) is 15.7. The maximum absolute atomic E-state index is 10.2. The van der Waals surface area contributed by atoms with Gasteiger partial charge in [-0.2, -0.15) is 0 Å². The summed E-state index contributed by atoms with van der Waals surface area (Å²) in [5, 5.41) is 20.9. The Labute approximate surface area is 207 Å². The molecule has 0 heterocycles. The monoisotopic (exact) mass is 472 g/mol. The predicted octanol–water partition coefficient (Wildman–Crippen LogP) is 4.56. The Balaban J connectivity index is 1.29. The van der Waals surface area contributed by atoms with Gasteiger partial charge in [-0.15, -0.1) is 0 Å². The quantitative estimate of drug-likeness (QED) is 0.192. The van der Waals surface area contributed by atoms with Crippen molar-refractivity contribution in [3.05, 3.63) is 29.8 Å². The lowest BCUT2D eigenvalue weighted by Gasteiger charge is -2.27. The molecule has 192 valence electrons. The number of aryl methyl sites for hydroxylation is 1. The highest BCUT2D eigenvalue weighted by Crippen LogP contribution is 2.21. The van der Waals surface area contributed by atoms with Crippen LogP contribution in [-0.2, 0) is 6.42 Å². The Morgan fingerprint density at radius 3 is 2.41 bits per heavy atom. The second kappa shape index (κ2) is 16.0. The molecule has 0 radical (unpaired) electrons.